The van der Waals surface area contributed by atoms with E-state index in [9.17, 15) is 14.4 Å². The minimum absolute atomic E-state index is 0.252. The Morgan fingerprint density at radius 1 is 0.917 bits per heavy atom. The molecule has 0 aliphatic carbocycles. The van der Waals surface area contributed by atoms with Crippen molar-refractivity contribution in [2.45, 2.75) is 71.6 Å². The van der Waals surface area contributed by atoms with Gasteiger partial charge >= 0.3 is 18.2 Å². The van der Waals surface area contributed by atoms with Crippen LogP contribution < -0.4 is 0 Å². The molecule has 0 N–H and O–H groups in total. The maximum Gasteiger partial charge on any atom is 0.430 e. The van der Waals surface area contributed by atoms with Gasteiger partial charge in [-0.3, -0.25) is 0 Å². The molecule has 1 saturated heterocycles. The quantitative estimate of drug-likeness (QED) is 0.537. The number of carbonyl (C=O) groups excluding carboxylic acids is 3. The molecule has 1 aliphatic heterocycles. The molecular weight excluding hydrogens is 316 g/mol. The van der Waals surface area contributed by atoms with Crippen LogP contribution in [-0.4, -0.2) is 59.1 Å². The number of rotatable bonds is 1. The minimum atomic E-state index is -0.925. The van der Waals surface area contributed by atoms with Crippen LogP contribution in [0.1, 0.15) is 54.4 Å². The van der Waals surface area contributed by atoms with Crippen LogP contribution in [-0.2, 0) is 19.0 Å². The van der Waals surface area contributed by atoms with E-state index in [4.69, 9.17) is 14.2 Å². The second-order valence-corrected chi connectivity index (χ2v) is 7.61. The number of hydrogen-bond acceptors (Lipinski definition) is 6. The molecule has 0 saturated carbocycles. The number of esters is 1. The monoisotopic (exact) mass is 344 g/mol. The van der Waals surface area contributed by atoms with Crippen LogP contribution in [0.5, 0.6) is 0 Å². The number of nitrogens with zero attached hydrogens (tertiary/aromatic N) is 2. The average Bonchev–Trinajstić information content (AvgIpc) is 2.41. The highest BCUT2D eigenvalue weighted by Crippen LogP contribution is 2.24. The van der Waals surface area contributed by atoms with Crippen LogP contribution in [0, 0.1) is 0 Å². The molecule has 1 atom stereocenters. The zero-order chi connectivity index (χ0) is 18.7. The van der Waals surface area contributed by atoms with Gasteiger partial charge in [-0.15, -0.1) is 0 Å². The first-order valence-corrected chi connectivity index (χ1v) is 7.96. The van der Waals surface area contributed by atoms with Crippen molar-refractivity contribution in [3.8, 4) is 0 Å². The molecule has 2 amide bonds. The largest absolute Gasteiger partial charge is 0.467 e. The third kappa shape index (κ3) is 5.58. The molecule has 0 unspecified atom stereocenters. The van der Waals surface area contributed by atoms with Gasteiger partial charge in [0.25, 0.3) is 0 Å². The molecule has 0 radical (unpaired) electrons. The number of carbonyl (C=O) groups is 3. The fourth-order valence-corrected chi connectivity index (χ4v) is 2.21. The molecule has 8 heteroatoms. The Balaban J connectivity index is 3.11. The summed E-state index contributed by atoms with van der Waals surface area (Å²) in [7, 11) is 1.24. The zero-order valence-electron chi connectivity index (χ0n) is 15.5. The van der Waals surface area contributed by atoms with Crippen molar-refractivity contribution in [3.63, 3.8) is 0 Å². The molecule has 1 aliphatic rings. The highest BCUT2D eigenvalue weighted by Gasteiger charge is 2.43. The van der Waals surface area contributed by atoms with Gasteiger partial charge in [-0.05, 0) is 54.4 Å². The second kappa shape index (κ2) is 7.27. The summed E-state index contributed by atoms with van der Waals surface area (Å²) in [4.78, 5) is 37.1. The molecule has 0 aromatic carbocycles. The molecular formula is C16H28N2O6. The summed E-state index contributed by atoms with van der Waals surface area (Å²) >= 11 is 0. The predicted molar refractivity (Wildman–Crippen MR) is 86.1 cm³/mol. The smallest absolute Gasteiger partial charge is 0.430 e. The number of hydrogen-bond donors (Lipinski definition) is 0. The molecule has 1 fully saturated rings. The van der Waals surface area contributed by atoms with Crippen molar-refractivity contribution < 1.29 is 28.6 Å². The second-order valence-electron chi connectivity index (χ2n) is 7.61. The van der Waals surface area contributed by atoms with Gasteiger partial charge < -0.3 is 14.2 Å². The maximum atomic E-state index is 12.6. The van der Waals surface area contributed by atoms with Gasteiger partial charge in [-0.2, -0.15) is 5.01 Å². The van der Waals surface area contributed by atoms with Crippen LogP contribution in [0.15, 0.2) is 0 Å². The third-order valence-electron chi connectivity index (χ3n) is 3.06. The van der Waals surface area contributed by atoms with Crippen LogP contribution in [0.2, 0.25) is 0 Å². The van der Waals surface area contributed by atoms with E-state index in [1.54, 1.807) is 41.5 Å². The average molecular weight is 344 g/mol. The molecule has 24 heavy (non-hydrogen) atoms. The van der Waals surface area contributed by atoms with Gasteiger partial charge in [-0.25, -0.2) is 19.4 Å². The van der Waals surface area contributed by atoms with Gasteiger partial charge in [0, 0.05) is 6.54 Å². The highest BCUT2D eigenvalue weighted by atomic mass is 16.6. The van der Waals surface area contributed by atoms with E-state index in [0.29, 0.717) is 12.8 Å². The molecule has 138 valence electrons. The van der Waals surface area contributed by atoms with E-state index in [1.807, 2.05) is 0 Å². The highest BCUT2D eigenvalue weighted by molar-refractivity contribution is 5.83. The summed E-state index contributed by atoms with van der Waals surface area (Å²) in [6, 6.07) is -0.925. The van der Waals surface area contributed by atoms with Crippen molar-refractivity contribution in [3.05, 3.63) is 0 Å². The first kappa shape index (κ1) is 20.1. The van der Waals surface area contributed by atoms with Crippen molar-refractivity contribution in [2.24, 2.45) is 0 Å². The molecule has 8 nitrogen and oxygen atoms in total. The van der Waals surface area contributed by atoms with E-state index in [-0.39, 0.29) is 6.54 Å². The van der Waals surface area contributed by atoms with E-state index >= 15 is 0 Å². The van der Waals surface area contributed by atoms with Crippen molar-refractivity contribution in [1.29, 1.82) is 0 Å². The van der Waals surface area contributed by atoms with E-state index in [0.717, 1.165) is 10.0 Å². The van der Waals surface area contributed by atoms with E-state index < -0.39 is 35.4 Å². The molecule has 0 aromatic rings. The third-order valence-corrected chi connectivity index (χ3v) is 3.06. The van der Waals surface area contributed by atoms with Gasteiger partial charge in [-0.1, -0.05) is 0 Å². The maximum absolute atomic E-state index is 12.6. The Morgan fingerprint density at radius 3 is 1.88 bits per heavy atom. The first-order valence-electron chi connectivity index (χ1n) is 7.96. The summed E-state index contributed by atoms with van der Waals surface area (Å²) in [5.41, 5.74) is -1.50. The van der Waals surface area contributed by atoms with Gasteiger partial charge in [0.05, 0.1) is 7.11 Å². The Bertz CT molecular complexity index is 492. The molecule has 0 aromatic heterocycles. The van der Waals surface area contributed by atoms with Crippen LogP contribution in [0.4, 0.5) is 9.59 Å². The lowest BCUT2D eigenvalue weighted by atomic mass is 10.1. The molecule has 1 rings (SSSR count). The summed E-state index contributed by atoms with van der Waals surface area (Å²) in [5, 5.41) is 2.12. The van der Waals surface area contributed by atoms with Crippen molar-refractivity contribution in [1.82, 2.24) is 10.0 Å². The standard InChI is InChI=1S/C16H28N2O6/c1-15(2,3)23-13(20)17-10-8-9-11(12(19)22-7)18(17)14(21)24-16(4,5)6/h11H,8-10H2,1-7H3/t11-/m1/s1. The van der Waals surface area contributed by atoms with Crippen LogP contribution in [0.25, 0.3) is 0 Å². The first-order chi connectivity index (χ1) is 10.9. The predicted octanol–water partition coefficient (Wildman–Crippen LogP) is 2.71. The Kier molecular flexibility index (Phi) is 6.08. The number of ether oxygens (including phenoxy) is 3. The fraction of sp³-hybridized carbons (Fsp3) is 0.812. The van der Waals surface area contributed by atoms with Crippen molar-refractivity contribution >= 4 is 18.2 Å². The van der Waals surface area contributed by atoms with E-state index in [2.05, 4.69) is 0 Å². The molecule has 1 heterocycles. The van der Waals surface area contributed by atoms with Gasteiger partial charge in [0.15, 0.2) is 6.04 Å². The van der Waals surface area contributed by atoms with Gasteiger partial charge in [0.2, 0.25) is 0 Å². The Labute approximate surface area is 143 Å². The number of amides is 2. The summed E-state index contributed by atoms with van der Waals surface area (Å²) < 4.78 is 15.4. The number of methoxy groups -OCH3 is 1. The molecule has 0 bridgehead atoms. The van der Waals surface area contributed by atoms with Crippen LogP contribution >= 0.6 is 0 Å². The number of hydrazine groups is 1. The Morgan fingerprint density at radius 2 is 1.42 bits per heavy atom. The normalized spacial score (nSPS) is 18.9. The lowest BCUT2D eigenvalue weighted by Crippen LogP contribution is -2.61. The summed E-state index contributed by atoms with van der Waals surface area (Å²) in [6.45, 7) is 10.6. The van der Waals surface area contributed by atoms with Crippen molar-refractivity contribution in [2.75, 3.05) is 13.7 Å². The molecule has 0 spiro atoms. The summed E-state index contributed by atoms with van der Waals surface area (Å²) in [6.07, 6.45) is -0.575. The van der Waals surface area contributed by atoms with E-state index in [1.165, 1.54) is 7.11 Å². The fourth-order valence-electron chi connectivity index (χ4n) is 2.21. The Hall–Kier alpha value is -1.99. The lowest BCUT2D eigenvalue weighted by Gasteiger charge is -2.42. The van der Waals surface area contributed by atoms with Gasteiger partial charge in [0.1, 0.15) is 11.2 Å². The minimum Gasteiger partial charge on any atom is -0.467 e. The topological polar surface area (TPSA) is 85.4 Å². The van der Waals surface area contributed by atoms with Crippen LogP contribution in [0.3, 0.4) is 0 Å². The SMILES string of the molecule is COC(=O)[C@H]1CCCN(C(=O)OC(C)(C)C)N1C(=O)OC(C)(C)C. The lowest BCUT2D eigenvalue weighted by molar-refractivity contribution is -0.159. The summed E-state index contributed by atoms with van der Waals surface area (Å²) in [5.74, 6) is -0.603. The zero-order valence-corrected chi connectivity index (χ0v) is 15.5.